The Morgan fingerprint density at radius 2 is 1.88 bits per heavy atom. The molecule has 0 bridgehead atoms. The van der Waals surface area contributed by atoms with E-state index in [-0.39, 0.29) is 28.8 Å². The molecule has 1 aliphatic heterocycles. The number of rotatable bonds is 8. The molecule has 2 heterocycles. The molecule has 10 nitrogen and oxygen atoms in total. The van der Waals surface area contributed by atoms with Gasteiger partial charge in [0, 0.05) is 19.2 Å². The van der Waals surface area contributed by atoms with Crippen molar-refractivity contribution in [2.45, 2.75) is 24.3 Å². The Morgan fingerprint density at radius 1 is 1.09 bits per heavy atom. The summed E-state index contributed by atoms with van der Waals surface area (Å²) < 4.78 is 47.9. The summed E-state index contributed by atoms with van der Waals surface area (Å²) in [4.78, 5) is 16.8. The van der Waals surface area contributed by atoms with Crippen LogP contribution in [-0.2, 0) is 21.4 Å². The predicted octanol–water partition coefficient (Wildman–Crippen LogP) is 2.90. The summed E-state index contributed by atoms with van der Waals surface area (Å²) in [5.74, 6) is 0.753. The van der Waals surface area contributed by atoms with Crippen LogP contribution in [0.5, 0.6) is 11.5 Å². The van der Waals surface area contributed by atoms with Gasteiger partial charge in [-0.25, -0.2) is 13.2 Å². The molecule has 0 atom stereocenters. The van der Waals surface area contributed by atoms with Crippen molar-refractivity contribution in [1.82, 2.24) is 14.4 Å². The van der Waals surface area contributed by atoms with E-state index in [0.29, 0.717) is 30.2 Å². The minimum Gasteiger partial charge on any atom is -0.497 e. The first-order chi connectivity index (χ1) is 15.9. The number of carbonyl (C=O) groups excluding carboxylic acids is 1. The van der Waals surface area contributed by atoms with Crippen molar-refractivity contribution in [2.24, 2.45) is 0 Å². The zero-order valence-electron chi connectivity index (χ0n) is 18.2. The fourth-order valence-electron chi connectivity index (χ4n) is 3.48. The summed E-state index contributed by atoms with van der Waals surface area (Å²) >= 11 is 0. The molecule has 0 radical (unpaired) electrons. The third-order valence-electron chi connectivity index (χ3n) is 5.22. The van der Waals surface area contributed by atoms with Crippen LogP contribution in [0.25, 0.3) is 11.4 Å². The third-order valence-corrected chi connectivity index (χ3v) is 7.11. The highest BCUT2D eigenvalue weighted by molar-refractivity contribution is 7.89. The quantitative estimate of drug-likeness (QED) is 0.455. The summed E-state index contributed by atoms with van der Waals surface area (Å²) in [5, 5.41) is 3.91. The molecule has 3 aromatic rings. The molecule has 1 fully saturated rings. The summed E-state index contributed by atoms with van der Waals surface area (Å²) in [5.41, 5.74) is 0.700. The summed E-state index contributed by atoms with van der Waals surface area (Å²) in [7, 11) is -0.576. The number of nitrogens with zero attached hydrogens (tertiary/aromatic N) is 3. The summed E-state index contributed by atoms with van der Waals surface area (Å²) in [6.07, 6.45) is 1.66. The number of sulfonamides is 1. The Bertz CT molecular complexity index is 1250. The van der Waals surface area contributed by atoms with Gasteiger partial charge in [-0.3, -0.25) is 0 Å². The van der Waals surface area contributed by atoms with Gasteiger partial charge in [0.1, 0.15) is 11.5 Å². The van der Waals surface area contributed by atoms with Crippen LogP contribution in [0.3, 0.4) is 0 Å². The highest BCUT2D eigenvalue weighted by atomic mass is 32.2. The van der Waals surface area contributed by atoms with Crippen molar-refractivity contribution in [1.29, 1.82) is 0 Å². The van der Waals surface area contributed by atoms with E-state index < -0.39 is 16.0 Å². The maximum absolute atomic E-state index is 12.7. The standard InChI is InChI=1S/C22H23N3O7S/c1-29-16-8-9-18(19(13-16)30-2)21-23-20(32-24-21)14-31-22(26)15-6-5-7-17(12-15)33(27,28)25-10-3-4-11-25/h5-9,12-13H,3-4,10-11,14H2,1-2H3. The smallest absolute Gasteiger partial charge is 0.338 e. The van der Waals surface area contributed by atoms with Crippen LogP contribution < -0.4 is 9.47 Å². The zero-order valence-corrected chi connectivity index (χ0v) is 19.0. The van der Waals surface area contributed by atoms with Gasteiger partial charge >= 0.3 is 5.97 Å². The lowest BCUT2D eigenvalue weighted by Gasteiger charge is -2.15. The SMILES string of the molecule is COc1ccc(-c2noc(COC(=O)c3cccc(S(=O)(=O)N4CCCC4)c3)n2)c(OC)c1. The van der Waals surface area contributed by atoms with Crippen molar-refractivity contribution in [2.75, 3.05) is 27.3 Å². The molecule has 0 amide bonds. The molecule has 0 saturated carbocycles. The van der Waals surface area contributed by atoms with E-state index in [9.17, 15) is 13.2 Å². The summed E-state index contributed by atoms with van der Waals surface area (Å²) in [6.45, 7) is 0.693. The zero-order chi connectivity index (χ0) is 23.4. The molecule has 2 aromatic carbocycles. The molecular formula is C22H23N3O7S. The largest absolute Gasteiger partial charge is 0.497 e. The third kappa shape index (κ3) is 4.83. The van der Waals surface area contributed by atoms with E-state index >= 15 is 0 Å². The van der Waals surface area contributed by atoms with E-state index in [1.165, 1.54) is 35.7 Å². The van der Waals surface area contributed by atoms with Crippen LogP contribution in [-0.4, -0.2) is 56.1 Å². The number of hydrogen-bond donors (Lipinski definition) is 0. The number of benzene rings is 2. The van der Waals surface area contributed by atoms with Crippen LogP contribution in [0.15, 0.2) is 51.9 Å². The second-order valence-corrected chi connectivity index (χ2v) is 9.23. The van der Waals surface area contributed by atoms with E-state index in [4.69, 9.17) is 18.7 Å². The molecule has 1 saturated heterocycles. The Kier molecular flexibility index (Phi) is 6.61. The van der Waals surface area contributed by atoms with Gasteiger partial charge in [0.25, 0.3) is 5.89 Å². The number of aromatic nitrogens is 2. The number of ether oxygens (including phenoxy) is 3. The maximum atomic E-state index is 12.7. The molecule has 174 valence electrons. The van der Waals surface area contributed by atoms with Crippen LogP contribution in [0.1, 0.15) is 29.1 Å². The Morgan fingerprint density at radius 3 is 2.61 bits per heavy atom. The van der Waals surface area contributed by atoms with Gasteiger partial charge in [-0.05, 0) is 43.2 Å². The van der Waals surface area contributed by atoms with Crippen molar-refractivity contribution in [3.63, 3.8) is 0 Å². The van der Waals surface area contributed by atoms with Crippen LogP contribution in [0.2, 0.25) is 0 Å². The lowest BCUT2D eigenvalue weighted by atomic mass is 10.2. The van der Waals surface area contributed by atoms with Crippen molar-refractivity contribution in [3.05, 3.63) is 53.9 Å². The van der Waals surface area contributed by atoms with Crippen molar-refractivity contribution in [3.8, 4) is 22.9 Å². The highest BCUT2D eigenvalue weighted by Gasteiger charge is 2.28. The monoisotopic (exact) mass is 473 g/mol. The fraction of sp³-hybridized carbons (Fsp3) is 0.318. The molecule has 11 heteroatoms. The van der Waals surface area contributed by atoms with Gasteiger partial charge < -0.3 is 18.7 Å². The average Bonchev–Trinajstić information content (AvgIpc) is 3.55. The molecule has 0 spiro atoms. The normalized spacial score (nSPS) is 14.2. The first-order valence-electron chi connectivity index (χ1n) is 10.2. The highest BCUT2D eigenvalue weighted by Crippen LogP contribution is 2.31. The average molecular weight is 474 g/mol. The Labute approximate surface area is 191 Å². The lowest BCUT2D eigenvalue weighted by Crippen LogP contribution is -2.28. The predicted molar refractivity (Wildman–Crippen MR) is 116 cm³/mol. The van der Waals surface area contributed by atoms with Gasteiger partial charge in [-0.2, -0.15) is 9.29 Å². The topological polar surface area (TPSA) is 121 Å². The second kappa shape index (κ2) is 9.59. The molecule has 4 rings (SSSR count). The van der Waals surface area contributed by atoms with Crippen molar-refractivity contribution >= 4 is 16.0 Å². The molecule has 0 N–H and O–H groups in total. The van der Waals surface area contributed by atoms with E-state index in [1.807, 2.05) is 0 Å². The number of hydrogen-bond acceptors (Lipinski definition) is 9. The van der Waals surface area contributed by atoms with E-state index in [0.717, 1.165) is 12.8 Å². The molecule has 0 unspecified atom stereocenters. The summed E-state index contributed by atoms with van der Waals surface area (Å²) in [6, 6.07) is 10.9. The first-order valence-corrected chi connectivity index (χ1v) is 11.7. The van der Waals surface area contributed by atoms with Gasteiger partial charge in [-0.1, -0.05) is 11.2 Å². The molecular weight excluding hydrogens is 450 g/mol. The van der Waals surface area contributed by atoms with Crippen LogP contribution >= 0.6 is 0 Å². The second-order valence-electron chi connectivity index (χ2n) is 7.29. The van der Waals surface area contributed by atoms with Gasteiger partial charge in [0.05, 0.1) is 30.2 Å². The van der Waals surface area contributed by atoms with Gasteiger partial charge in [0.2, 0.25) is 15.8 Å². The molecule has 33 heavy (non-hydrogen) atoms. The minimum atomic E-state index is -3.64. The number of esters is 1. The lowest BCUT2D eigenvalue weighted by molar-refractivity contribution is 0.0429. The molecule has 0 aliphatic carbocycles. The Hall–Kier alpha value is -3.44. The van der Waals surface area contributed by atoms with E-state index in [2.05, 4.69) is 10.1 Å². The minimum absolute atomic E-state index is 0.0607. The maximum Gasteiger partial charge on any atom is 0.338 e. The van der Waals surface area contributed by atoms with Crippen LogP contribution in [0.4, 0.5) is 0 Å². The first kappa shape index (κ1) is 22.7. The van der Waals surface area contributed by atoms with E-state index in [1.54, 1.807) is 25.3 Å². The van der Waals surface area contributed by atoms with Crippen LogP contribution in [0, 0.1) is 0 Å². The Balaban J connectivity index is 1.45. The number of carbonyl (C=O) groups is 1. The molecule has 1 aromatic heterocycles. The van der Waals surface area contributed by atoms with Gasteiger partial charge in [-0.15, -0.1) is 0 Å². The van der Waals surface area contributed by atoms with Gasteiger partial charge in [0.15, 0.2) is 6.61 Å². The van der Waals surface area contributed by atoms with Crippen molar-refractivity contribution < 1.29 is 31.9 Å². The fourth-order valence-corrected chi connectivity index (χ4v) is 5.04. The molecule has 1 aliphatic rings. The number of methoxy groups -OCH3 is 2.